The van der Waals surface area contributed by atoms with Crippen LogP contribution >= 0.6 is 0 Å². The van der Waals surface area contributed by atoms with Gasteiger partial charge in [0, 0.05) is 29.9 Å². The molecule has 1 aliphatic heterocycles. The third-order valence-corrected chi connectivity index (χ3v) is 4.48. The highest BCUT2D eigenvalue weighted by Crippen LogP contribution is 2.36. The summed E-state index contributed by atoms with van der Waals surface area (Å²) in [5.41, 5.74) is 0.770. The molecule has 2 N–H and O–H groups in total. The van der Waals surface area contributed by atoms with E-state index in [0.717, 1.165) is 12.1 Å². The van der Waals surface area contributed by atoms with Crippen LogP contribution in [-0.4, -0.2) is 40.4 Å². The molecule has 0 spiro atoms. The van der Waals surface area contributed by atoms with E-state index in [0.29, 0.717) is 28.8 Å². The van der Waals surface area contributed by atoms with Gasteiger partial charge in [0.25, 0.3) is 0 Å². The van der Waals surface area contributed by atoms with Crippen molar-refractivity contribution in [3.05, 3.63) is 35.5 Å². The molecular formula is C17H17F3N2O3. The van der Waals surface area contributed by atoms with Gasteiger partial charge < -0.3 is 15.1 Å². The van der Waals surface area contributed by atoms with Crippen molar-refractivity contribution < 1.29 is 28.2 Å². The van der Waals surface area contributed by atoms with Crippen LogP contribution in [0.2, 0.25) is 0 Å². The highest BCUT2D eigenvalue weighted by atomic mass is 19.4. The lowest BCUT2D eigenvalue weighted by molar-refractivity contribution is -0.146. The molecule has 1 aromatic carbocycles. The van der Waals surface area contributed by atoms with Gasteiger partial charge in [-0.3, -0.25) is 9.78 Å². The second kappa shape index (κ2) is 6.18. The van der Waals surface area contributed by atoms with Crippen LogP contribution in [0.3, 0.4) is 0 Å². The second-order valence-corrected chi connectivity index (χ2v) is 6.26. The number of aliphatic hydroxyl groups excluding tert-OH is 1. The maximum absolute atomic E-state index is 13.0. The number of halogens is 3. The topological polar surface area (TPSA) is 73.7 Å². The summed E-state index contributed by atoms with van der Waals surface area (Å²) in [6.07, 6.45) is -5.20. The van der Waals surface area contributed by atoms with Gasteiger partial charge in [0.05, 0.1) is 17.2 Å². The van der Waals surface area contributed by atoms with E-state index in [1.807, 2.05) is 0 Å². The molecule has 2 heterocycles. The van der Waals surface area contributed by atoms with E-state index < -0.39 is 29.7 Å². The number of hydrogen-bond donors (Lipinski definition) is 2. The van der Waals surface area contributed by atoms with Gasteiger partial charge in [-0.25, -0.2) is 0 Å². The standard InChI is InChI=1S/C17H17F3N2O3/c1-9-6-14(22-5-4-15(23)12(8-22)16(24)25)11-7-10(17(18,19)20)2-3-13(11)21-9/h2-3,6-7,12,15,23H,4-5,8H2,1H3,(H,24,25)/t12-,15+/m0/s1. The van der Waals surface area contributed by atoms with E-state index in [1.165, 1.54) is 6.07 Å². The Hall–Kier alpha value is -2.35. The van der Waals surface area contributed by atoms with Crippen molar-refractivity contribution in [1.29, 1.82) is 0 Å². The van der Waals surface area contributed by atoms with E-state index in [2.05, 4.69) is 4.98 Å². The molecule has 0 saturated carbocycles. The SMILES string of the molecule is Cc1cc(N2CC[C@@H](O)[C@@H](C(=O)O)C2)c2cc(C(F)(F)F)ccc2n1. The fourth-order valence-corrected chi connectivity index (χ4v) is 3.18. The number of aliphatic carboxylic acids is 1. The van der Waals surface area contributed by atoms with Crippen molar-refractivity contribution in [2.45, 2.75) is 25.6 Å². The van der Waals surface area contributed by atoms with Crippen LogP contribution < -0.4 is 4.90 Å². The van der Waals surface area contributed by atoms with Gasteiger partial charge in [0.15, 0.2) is 0 Å². The highest BCUT2D eigenvalue weighted by Gasteiger charge is 2.35. The summed E-state index contributed by atoms with van der Waals surface area (Å²) in [6, 6.07) is 5.00. The van der Waals surface area contributed by atoms with Crippen molar-refractivity contribution in [3.8, 4) is 0 Å². The fourth-order valence-electron chi connectivity index (χ4n) is 3.18. The van der Waals surface area contributed by atoms with Crippen LogP contribution in [0.4, 0.5) is 18.9 Å². The number of piperidine rings is 1. The highest BCUT2D eigenvalue weighted by molar-refractivity contribution is 5.93. The van der Waals surface area contributed by atoms with Gasteiger partial charge >= 0.3 is 12.1 Å². The van der Waals surface area contributed by atoms with Crippen molar-refractivity contribution in [1.82, 2.24) is 4.98 Å². The average molecular weight is 354 g/mol. The first-order valence-electron chi connectivity index (χ1n) is 7.81. The smallest absolute Gasteiger partial charge is 0.416 e. The number of aryl methyl sites for hydroxylation is 1. The van der Waals surface area contributed by atoms with Crippen molar-refractivity contribution in [2.75, 3.05) is 18.0 Å². The van der Waals surface area contributed by atoms with Crippen LogP contribution in [0.15, 0.2) is 24.3 Å². The molecule has 3 rings (SSSR count). The number of carboxylic acid groups (broad SMARTS) is 1. The number of fused-ring (bicyclic) bond motifs is 1. The number of carboxylic acids is 1. The summed E-state index contributed by atoms with van der Waals surface area (Å²) in [5.74, 6) is -2.11. The van der Waals surface area contributed by atoms with Crippen LogP contribution in [0.1, 0.15) is 17.7 Å². The fraction of sp³-hybridized carbons (Fsp3) is 0.412. The van der Waals surface area contributed by atoms with Crippen LogP contribution in [0, 0.1) is 12.8 Å². The molecule has 5 nitrogen and oxygen atoms in total. The first-order valence-corrected chi connectivity index (χ1v) is 7.81. The van der Waals surface area contributed by atoms with E-state index in [4.69, 9.17) is 0 Å². The van der Waals surface area contributed by atoms with Gasteiger partial charge in [-0.2, -0.15) is 13.2 Å². The Kier molecular flexibility index (Phi) is 4.32. The van der Waals surface area contributed by atoms with Crippen molar-refractivity contribution in [3.63, 3.8) is 0 Å². The van der Waals surface area contributed by atoms with Gasteiger partial charge in [-0.15, -0.1) is 0 Å². The molecule has 1 aliphatic rings. The molecule has 1 fully saturated rings. The summed E-state index contributed by atoms with van der Waals surface area (Å²) in [4.78, 5) is 17.3. The largest absolute Gasteiger partial charge is 0.481 e. The van der Waals surface area contributed by atoms with E-state index in [1.54, 1.807) is 17.9 Å². The number of pyridine rings is 1. The number of rotatable bonds is 2. The predicted molar refractivity (Wildman–Crippen MR) is 85.4 cm³/mol. The maximum atomic E-state index is 13.0. The maximum Gasteiger partial charge on any atom is 0.416 e. The molecule has 0 radical (unpaired) electrons. The molecule has 0 amide bonds. The van der Waals surface area contributed by atoms with Gasteiger partial charge in [-0.05, 0) is 37.6 Å². The summed E-state index contributed by atoms with van der Waals surface area (Å²) < 4.78 is 39.1. The molecule has 25 heavy (non-hydrogen) atoms. The van der Waals surface area contributed by atoms with E-state index in [9.17, 15) is 28.2 Å². The number of hydrogen-bond acceptors (Lipinski definition) is 4. The molecule has 1 aromatic heterocycles. The first-order chi connectivity index (χ1) is 11.7. The Morgan fingerprint density at radius 1 is 1.32 bits per heavy atom. The van der Waals surface area contributed by atoms with Gasteiger partial charge in [0.1, 0.15) is 5.92 Å². The summed E-state index contributed by atoms with van der Waals surface area (Å²) in [5, 5.41) is 19.4. The molecule has 0 unspecified atom stereocenters. The summed E-state index contributed by atoms with van der Waals surface area (Å²) in [6.45, 7) is 2.12. The number of aromatic nitrogens is 1. The lowest BCUT2D eigenvalue weighted by Crippen LogP contribution is -2.46. The minimum Gasteiger partial charge on any atom is -0.481 e. The summed E-state index contributed by atoms with van der Waals surface area (Å²) in [7, 11) is 0. The Labute approximate surface area is 141 Å². The van der Waals surface area contributed by atoms with Crippen molar-refractivity contribution >= 4 is 22.6 Å². The number of anilines is 1. The van der Waals surface area contributed by atoms with Crippen LogP contribution in [-0.2, 0) is 11.0 Å². The minimum absolute atomic E-state index is 0.0330. The summed E-state index contributed by atoms with van der Waals surface area (Å²) >= 11 is 0. The Morgan fingerprint density at radius 3 is 2.68 bits per heavy atom. The predicted octanol–water partition coefficient (Wildman–Crippen LogP) is 2.83. The molecule has 0 aliphatic carbocycles. The zero-order valence-electron chi connectivity index (χ0n) is 13.4. The Bertz CT molecular complexity index is 823. The number of alkyl halides is 3. The molecule has 1 saturated heterocycles. The monoisotopic (exact) mass is 354 g/mol. The molecular weight excluding hydrogens is 337 g/mol. The molecule has 2 aromatic rings. The lowest BCUT2D eigenvalue weighted by atomic mass is 9.94. The molecule has 8 heteroatoms. The lowest BCUT2D eigenvalue weighted by Gasteiger charge is -2.36. The van der Waals surface area contributed by atoms with Gasteiger partial charge in [0.2, 0.25) is 0 Å². The third-order valence-electron chi connectivity index (χ3n) is 4.48. The number of benzene rings is 1. The average Bonchev–Trinajstić information content (AvgIpc) is 2.53. The number of carbonyl (C=O) groups is 1. The quantitative estimate of drug-likeness (QED) is 0.868. The Morgan fingerprint density at radius 2 is 2.04 bits per heavy atom. The molecule has 0 bridgehead atoms. The minimum atomic E-state index is -4.47. The Balaban J connectivity index is 2.09. The molecule has 134 valence electrons. The van der Waals surface area contributed by atoms with Gasteiger partial charge in [-0.1, -0.05) is 0 Å². The normalized spacial score (nSPS) is 21.6. The zero-order chi connectivity index (χ0) is 18.4. The van der Waals surface area contributed by atoms with Crippen LogP contribution in [0.5, 0.6) is 0 Å². The second-order valence-electron chi connectivity index (χ2n) is 6.26. The molecule has 2 atom stereocenters. The first kappa shape index (κ1) is 17.5. The van der Waals surface area contributed by atoms with Crippen molar-refractivity contribution in [2.24, 2.45) is 5.92 Å². The van der Waals surface area contributed by atoms with E-state index in [-0.39, 0.29) is 13.0 Å². The van der Waals surface area contributed by atoms with E-state index >= 15 is 0 Å². The number of aliphatic hydroxyl groups is 1. The third kappa shape index (κ3) is 3.39. The van der Waals surface area contributed by atoms with Crippen LogP contribution in [0.25, 0.3) is 10.9 Å². The number of nitrogens with zero attached hydrogens (tertiary/aromatic N) is 2. The zero-order valence-corrected chi connectivity index (χ0v) is 13.4.